The van der Waals surface area contributed by atoms with E-state index in [9.17, 15) is 22.4 Å². The van der Waals surface area contributed by atoms with Gasteiger partial charge >= 0.3 is 0 Å². The molecular formula is C27H28FN3O5S. The van der Waals surface area contributed by atoms with Crippen LogP contribution in [0.2, 0.25) is 0 Å². The van der Waals surface area contributed by atoms with Crippen LogP contribution in [0.1, 0.15) is 42.7 Å². The van der Waals surface area contributed by atoms with E-state index in [0.717, 1.165) is 11.8 Å². The van der Waals surface area contributed by atoms with Crippen molar-refractivity contribution in [2.45, 2.75) is 31.6 Å². The summed E-state index contributed by atoms with van der Waals surface area (Å²) < 4.78 is 47.0. The number of fused-ring (bicyclic) bond motifs is 1. The van der Waals surface area contributed by atoms with Crippen molar-refractivity contribution < 1.29 is 22.3 Å². The van der Waals surface area contributed by atoms with Crippen LogP contribution in [0.15, 0.2) is 58.4 Å². The molecule has 10 heteroatoms. The Kier molecular flexibility index (Phi) is 6.96. The largest absolute Gasteiger partial charge is 0.454 e. The molecule has 0 aliphatic rings. The van der Waals surface area contributed by atoms with Gasteiger partial charge in [-0.25, -0.2) is 12.8 Å². The highest BCUT2D eigenvalue weighted by molar-refractivity contribution is 7.90. The fourth-order valence-corrected chi connectivity index (χ4v) is 4.69. The summed E-state index contributed by atoms with van der Waals surface area (Å²) in [5.41, 5.74) is 1.54. The molecule has 4 rings (SSSR count). The molecular weight excluding hydrogens is 497 g/mol. The maximum Gasteiger partial charge on any atom is 0.274 e. The first-order valence-electron chi connectivity index (χ1n) is 11.7. The van der Waals surface area contributed by atoms with Crippen LogP contribution < -0.4 is 15.6 Å². The summed E-state index contributed by atoms with van der Waals surface area (Å²) in [7, 11) is -2.06. The van der Waals surface area contributed by atoms with Gasteiger partial charge in [-0.3, -0.25) is 9.59 Å². The lowest BCUT2D eigenvalue weighted by Gasteiger charge is -2.16. The number of aromatic nitrogens is 2. The molecule has 0 aliphatic carbocycles. The minimum atomic E-state index is -3.60. The number of carbonyl (C=O) groups excluding carboxylic acids is 1. The van der Waals surface area contributed by atoms with E-state index in [1.807, 2.05) is 13.8 Å². The zero-order valence-electron chi connectivity index (χ0n) is 21.2. The topological polar surface area (TPSA) is 110 Å². The zero-order chi connectivity index (χ0) is 27.1. The second-order valence-corrected chi connectivity index (χ2v) is 11.2. The number of ether oxygens (including phenoxy) is 1. The summed E-state index contributed by atoms with van der Waals surface area (Å²) in [5, 5.41) is 3.08. The van der Waals surface area contributed by atoms with Crippen LogP contribution in [-0.2, 0) is 16.9 Å². The van der Waals surface area contributed by atoms with Crippen LogP contribution >= 0.6 is 0 Å². The van der Waals surface area contributed by atoms with Crippen molar-refractivity contribution in [1.82, 2.24) is 14.9 Å². The molecule has 1 amide bonds. The van der Waals surface area contributed by atoms with Gasteiger partial charge in [-0.2, -0.15) is 0 Å². The molecule has 8 nitrogen and oxygen atoms in total. The van der Waals surface area contributed by atoms with Gasteiger partial charge < -0.3 is 19.6 Å². The van der Waals surface area contributed by atoms with Crippen LogP contribution in [-0.4, -0.2) is 36.7 Å². The molecule has 2 aromatic heterocycles. The number of nitrogens with zero attached hydrogens (tertiary/aromatic N) is 1. The van der Waals surface area contributed by atoms with Crippen LogP contribution in [0.4, 0.5) is 4.39 Å². The van der Waals surface area contributed by atoms with E-state index in [1.165, 1.54) is 47.2 Å². The molecule has 0 aliphatic heterocycles. The standard InChI is InChI=1S/C27H28FN3O5S/c1-6-29-26(32)22-13-19-20(14-31(4)27(33)25(19)30-22)18-12-17(37(5,34)35)8-10-23(18)36-24-9-7-16(15(2)3)11-21(24)28/h7-15,30H,6H2,1-5H3,(H,29,32). The number of rotatable bonds is 7. The number of aromatic amines is 1. The lowest BCUT2D eigenvalue weighted by atomic mass is 10.0. The number of nitrogens with one attached hydrogen (secondary N) is 2. The molecule has 194 valence electrons. The molecule has 0 unspecified atom stereocenters. The second kappa shape index (κ2) is 9.85. The number of pyridine rings is 1. The first-order chi connectivity index (χ1) is 17.4. The van der Waals surface area contributed by atoms with Gasteiger partial charge in [-0.15, -0.1) is 0 Å². The highest BCUT2D eigenvalue weighted by Crippen LogP contribution is 2.39. The number of H-pyrrole nitrogens is 1. The Balaban J connectivity index is 1.96. The molecule has 0 radical (unpaired) electrons. The van der Waals surface area contributed by atoms with Crippen molar-refractivity contribution in [3.8, 4) is 22.6 Å². The molecule has 2 N–H and O–H groups in total. The number of aryl methyl sites for hydroxylation is 1. The Labute approximate surface area is 214 Å². The van der Waals surface area contributed by atoms with Crippen LogP contribution in [0.25, 0.3) is 22.0 Å². The predicted molar refractivity (Wildman–Crippen MR) is 141 cm³/mol. The Morgan fingerprint density at radius 1 is 1.11 bits per heavy atom. The number of amides is 1. The molecule has 4 aromatic rings. The fourth-order valence-electron chi connectivity index (χ4n) is 4.04. The predicted octanol–water partition coefficient (Wildman–Crippen LogP) is 4.74. The SMILES string of the molecule is CCNC(=O)c1cc2c(-c3cc(S(C)(=O)=O)ccc3Oc3ccc(C(C)C)cc3F)cn(C)c(=O)c2[nH]1. The number of sulfone groups is 1. The van der Waals surface area contributed by atoms with Crippen molar-refractivity contribution in [3.63, 3.8) is 0 Å². The van der Waals surface area contributed by atoms with Gasteiger partial charge in [0, 0.05) is 42.6 Å². The van der Waals surface area contributed by atoms with Crippen molar-refractivity contribution in [2.24, 2.45) is 7.05 Å². The molecule has 2 heterocycles. The van der Waals surface area contributed by atoms with Gasteiger partial charge in [0.1, 0.15) is 17.0 Å². The second-order valence-electron chi connectivity index (χ2n) is 9.17. The molecule has 37 heavy (non-hydrogen) atoms. The Bertz CT molecular complexity index is 1690. The fraction of sp³-hybridized carbons (Fsp3) is 0.259. The van der Waals surface area contributed by atoms with E-state index in [0.29, 0.717) is 23.1 Å². The van der Waals surface area contributed by atoms with Gasteiger partial charge in [0.05, 0.1) is 4.90 Å². The van der Waals surface area contributed by atoms with E-state index in [1.54, 1.807) is 20.0 Å². The molecule has 0 saturated heterocycles. The van der Waals surface area contributed by atoms with Gasteiger partial charge in [-0.05, 0) is 54.8 Å². The number of hydrogen-bond acceptors (Lipinski definition) is 5. The van der Waals surface area contributed by atoms with E-state index in [2.05, 4.69) is 10.3 Å². The first kappa shape index (κ1) is 26.2. The van der Waals surface area contributed by atoms with Crippen LogP contribution in [0.5, 0.6) is 11.5 Å². The van der Waals surface area contributed by atoms with E-state index < -0.39 is 15.7 Å². The molecule has 0 atom stereocenters. The highest BCUT2D eigenvalue weighted by atomic mass is 32.2. The summed E-state index contributed by atoms with van der Waals surface area (Å²) in [6.07, 6.45) is 2.61. The third kappa shape index (κ3) is 5.15. The summed E-state index contributed by atoms with van der Waals surface area (Å²) in [4.78, 5) is 28.2. The summed E-state index contributed by atoms with van der Waals surface area (Å²) in [5.74, 6) is -0.671. The van der Waals surface area contributed by atoms with Crippen LogP contribution in [0, 0.1) is 5.82 Å². The average molecular weight is 526 g/mol. The van der Waals surface area contributed by atoms with E-state index in [-0.39, 0.29) is 45.0 Å². The average Bonchev–Trinajstić information content (AvgIpc) is 3.28. The molecule has 0 fully saturated rings. The lowest BCUT2D eigenvalue weighted by Crippen LogP contribution is -2.23. The third-order valence-electron chi connectivity index (χ3n) is 6.06. The van der Waals surface area contributed by atoms with Crippen molar-refractivity contribution in [3.05, 3.63) is 76.1 Å². The monoisotopic (exact) mass is 525 g/mol. The molecule has 0 bridgehead atoms. The summed E-state index contributed by atoms with van der Waals surface area (Å²) >= 11 is 0. The maximum absolute atomic E-state index is 14.9. The van der Waals surface area contributed by atoms with Gasteiger partial charge in [0.2, 0.25) is 0 Å². The maximum atomic E-state index is 14.9. The highest BCUT2D eigenvalue weighted by Gasteiger charge is 2.21. The van der Waals surface area contributed by atoms with Crippen molar-refractivity contribution >= 4 is 26.6 Å². The normalized spacial score (nSPS) is 11.8. The Morgan fingerprint density at radius 3 is 2.43 bits per heavy atom. The molecule has 0 spiro atoms. The Hall–Kier alpha value is -3.92. The number of carbonyl (C=O) groups is 1. The van der Waals surface area contributed by atoms with E-state index in [4.69, 9.17) is 4.74 Å². The lowest BCUT2D eigenvalue weighted by molar-refractivity contribution is 0.0951. The van der Waals surface area contributed by atoms with Crippen molar-refractivity contribution in [1.29, 1.82) is 0 Å². The van der Waals surface area contributed by atoms with E-state index >= 15 is 0 Å². The number of hydrogen-bond donors (Lipinski definition) is 2. The number of halogens is 1. The van der Waals surface area contributed by atoms with Crippen LogP contribution in [0.3, 0.4) is 0 Å². The Morgan fingerprint density at radius 2 is 1.81 bits per heavy atom. The van der Waals surface area contributed by atoms with Crippen molar-refractivity contribution in [2.75, 3.05) is 12.8 Å². The zero-order valence-corrected chi connectivity index (χ0v) is 22.0. The minimum Gasteiger partial charge on any atom is -0.454 e. The quantitative estimate of drug-likeness (QED) is 0.362. The smallest absolute Gasteiger partial charge is 0.274 e. The molecule has 0 saturated carbocycles. The first-order valence-corrected chi connectivity index (χ1v) is 13.6. The van der Waals surface area contributed by atoms with Gasteiger partial charge in [0.15, 0.2) is 21.4 Å². The number of benzene rings is 2. The minimum absolute atomic E-state index is 0.0203. The van der Waals surface area contributed by atoms with Gasteiger partial charge in [0.25, 0.3) is 11.5 Å². The van der Waals surface area contributed by atoms with Gasteiger partial charge in [-0.1, -0.05) is 19.9 Å². The molecule has 2 aromatic carbocycles. The summed E-state index contributed by atoms with van der Waals surface area (Å²) in [6, 6.07) is 10.5. The summed E-state index contributed by atoms with van der Waals surface area (Å²) in [6.45, 7) is 6.08. The third-order valence-corrected chi connectivity index (χ3v) is 7.17.